The Morgan fingerprint density at radius 1 is 1.25 bits per heavy atom. The van der Waals surface area contributed by atoms with E-state index in [-0.39, 0.29) is 5.91 Å². The van der Waals surface area contributed by atoms with Gasteiger partial charge in [0.1, 0.15) is 11.6 Å². The van der Waals surface area contributed by atoms with Crippen LogP contribution in [0.15, 0.2) is 34.8 Å². The highest BCUT2D eigenvalue weighted by Crippen LogP contribution is 2.24. The monoisotopic (exact) mass is 334 g/mol. The number of amides is 1. The molecule has 0 bridgehead atoms. The number of hydrogen-bond acceptors (Lipinski definition) is 3. The first kappa shape index (κ1) is 14.5. The fourth-order valence-corrected chi connectivity index (χ4v) is 2.12. The van der Waals surface area contributed by atoms with Crippen molar-refractivity contribution in [2.24, 2.45) is 0 Å². The van der Waals surface area contributed by atoms with Crippen LogP contribution in [0.1, 0.15) is 21.6 Å². The van der Waals surface area contributed by atoms with Gasteiger partial charge in [-0.05, 0) is 53.5 Å². The summed E-state index contributed by atoms with van der Waals surface area (Å²) < 4.78 is 6.20. The summed E-state index contributed by atoms with van der Waals surface area (Å²) in [4.78, 5) is 16.6. The van der Waals surface area contributed by atoms with Gasteiger partial charge < -0.3 is 10.1 Å². The third-order valence-electron chi connectivity index (χ3n) is 2.92. The minimum atomic E-state index is -0.236. The molecule has 0 radical (unpaired) electrons. The van der Waals surface area contributed by atoms with Crippen LogP contribution in [0.5, 0.6) is 5.75 Å². The number of hydrogen-bond donors (Lipinski definition) is 1. The Bertz CT molecular complexity index is 656. The van der Waals surface area contributed by atoms with E-state index < -0.39 is 0 Å². The van der Waals surface area contributed by atoms with Crippen LogP contribution in [-0.4, -0.2) is 18.0 Å². The number of aromatic nitrogens is 1. The number of halogens is 1. The fraction of sp³-hybridized carbons (Fsp3) is 0.200. The van der Waals surface area contributed by atoms with E-state index in [2.05, 4.69) is 26.2 Å². The van der Waals surface area contributed by atoms with Gasteiger partial charge in [-0.25, -0.2) is 4.98 Å². The number of ether oxygens (including phenoxy) is 1. The Balaban J connectivity index is 2.28. The molecule has 0 spiro atoms. The lowest BCUT2D eigenvalue weighted by atomic mass is 10.1. The van der Waals surface area contributed by atoms with Crippen molar-refractivity contribution in [2.75, 3.05) is 12.4 Å². The largest absolute Gasteiger partial charge is 0.496 e. The normalized spacial score (nSPS) is 10.2. The van der Waals surface area contributed by atoms with E-state index in [1.165, 1.54) is 0 Å². The average Bonchev–Trinajstić information content (AvgIpc) is 2.42. The lowest BCUT2D eigenvalue weighted by Crippen LogP contribution is -2.14. The Kier molecular flexibility index (Phi) is 4.39. The van der Waals surface area contributed by atoms with Gasteiger partial charge in [0.05, 0.1) is 18.4 Å². The predicted octanol–water partition coefficient (Wildman–Crippen LogP) is 3.72. The predicted molar refractivity (Wildman–Crippen MR) is 82.4 cm³/mol. The Hall–Kier alpha value is -1.88. The molecule has 0 aliphatic heterocycles. The molecule has 5 heteroatoms. The molecular weight excluding hydrogens is 320 g/mol. The topological polar surface area (TPSA) is 51.2 Å². The zero-order valence-electron chi connectivity index (χ0n) is 11.5. The van der Waals surface area contributed by atoms with Crippen molar-refractivity contribution < 1.29 is 9.53 Å². The van der Waals surface area contributed by atoms with Gasteiger partial charge >= 0.3 is 0 Å². The number of nitrogens with one attached hydrogen (secondary N) is 1. The molecule has 1 N–H and O–H groups in total. The van der Waals surface area contributed by atoms with Gasteiger partial charge in [0.2, 0.25) is 0 Å². The van der Waals surface area contributed by atoms with Gasteiger partial charge in [-0.15, -0.1) is 0 Å². The molecule has 0 atom stereocenters. The van der Waals surface area contributed by atoms with Gasteiger partial charge in [-0.1, -0.05) is 12.1 Å². The third kappa shape index (κ3) is 2.99. The lowest BCUT2D eigenvalue weighted by Gasteiger charge is -2.11. The quantitative estimate of drug-likeness (QED) is 0.930. The second-order valence-electron chi connectivity index (χ2n) is 4.37. The van der Waals surface area contributed by atoms with Crippen molar-refractivity contribution in [3.63, 3.8) is 0 Å². The number of aryl methyl sites for hydroxylation is 2. The number of methoxy groups -OCH3 is 1. The Labute approximate surface area is 126 Å². The van der Waals surface area contributed by atoms with Crippen LogP contribution in [0.3, 0.4) is 0 Å². The van der Waals surface area contributed by atoms with E-state index >= 15 is 0 Å². The summed E-state index contributed by atoms with van der Waals surface area (Å²) in [7, 11) is 1.56. The third-order valence-corrected chi connectivity index (χ3v) is 3.76. The fourth-order valence-electron chi connectivity index (χ4n) is 1.90. The van der Waals surface area contributed by atoms with E-state index in [1.807, 2.05) is 32.0 Å². The van der Waals surface area contributed by atoms with E-state index in [1.54, 1.807) is 19.2 Å². The molecule has 0 fully saturated rings. The molecule has 2 rings (SSSR count). The van der Waals surface area contributed by atoms with E-state index in [0.29, 0.717) is 17.1 Å². The van der Waals surface area contributed by atoms with Crippen molar-refractivity contribution in [3.05, 3.63) is 51.6 Å². The van der Waals surface area contributed by atoms with Gasteiger partial charge in [0.15, 0.2) is 0 Å². The molecule has 1 heterocycles. The molecule has 0 aliphatic carbocycles. The summed E-state index contributed by atoms with van der Waals surface area (Å²) >= 11 is 3.38. The SMILES string of the molecule is COc1c(C)cccc1C(=O)Nc1ccc(Br)c(C)n1. The number of benzene rings is 1. The summed E-state index contributed by atoms with van der Waals surface area (Å²) in [6.45, 7) is 3.77. The van der Waals surface area contributed by atoms with Gasteiger partial charge in [0, 0.05) is 4.47 Å². The Morgan fingerprint density at radius 2 is 2.00 bits per heavy atom. The van der Waals surface area contributed by atoms with Crippen molar-refractivity contribution in [2.45, 2.75) is 13.8 Å². The molecule has 1 amide bonds. The highest BCUT2D eigenvalue weighted by molar-refractivity contribution is 9.10. The summed E-state index contributed by atoms with van der Waals surface area (Å²) in [5.41, 5.74) is 2.23. The molecule has 1 aromatic heterocycles. The van der Waals surface area contributed by atoms with Crippen LogP contribution >= 0.6 is 15.9 Å². The molecule has 0 saturated carbocycles. The maximum atomic E-state index is 12.3. The molecule has 4 nitrogen and oxygen atoms in total. The summed E-state index contributed by atoms with van der Waals surface area (Å²) in [6.07, 6.45) is 0. The second-order valence-corrected chi connectivity index (χ2v) is 5.23. The first-order valence-electron chi connectivity index (χ1n) is 6.11. The van der Waals surface area contributed by atoms with Crippen molar-refractivity contribution in [1.29, 1.82) is 0 Å². The Morgan fingerprint density at radius 3 is 2.65 bits per heavy atom. The molecule has 0 aliphatic rings. The highest BCUT2D eigenvalue weighted by atomic mass is 79.9. The zero-order valence-corrected chi connectivity index (χ0v) is 13.1. The summed E-state index contributed by atoms with van der Waals surface area (Å²) in [6, 6.07) is 9.06. The maximum Gasteiger partial charge on any atom is 0.260 e. The van der Waals surface area contributed by atoms with E-state index in [4.69, 9.17) is 4.74 Å². The average molecular weight is 335 g/mol. The number of carbonyl (C=O) groups is 1. The smallest absolute Gasteiger partial charge is 0.260 e. The number of pyridine rings is 1. The minimum Gasteiger partial charge on any atom is -0.496 e. The number of anilines is 1. The molecule has 1 aromatic carbocycles. The van der Waals surface area contributed by atoms with Crippen molar-refractivity contribution >= 4 is 27.7 Å². The van der Waals surface area contributed by atoms with Gasteiger partial charge in [0.25, 0.3) is 5.91 Å². The number of rotatable bonds is 3. The van der Waals surface area contributed by atoms with Crippen molar-refractivity contribution in [1.82, 2.24) is 4.98 Å². The molecule has 0 saturated heterocycles. The zero-order chi connectivity index (χ0) is 14.7. The molecule has 2 aromatic rings. The number of nitrogens with zero attached hydrogens (tertiary/aromatic N) is 1. The minimum absolute atomic E-state index is 0.236. The standard InChI is InChI=1S/C15H15BrN2O2/c1-9-5-4-6-11(14(9)20-3)15(19)18-13-8-7-12(16)10(2)17-13/h4-8H,1-3H3,(H,17,18,19). The number of para-hydroxylation sites is 1. The first-order valence-corrected chi connectivity index (χ1v) is 6.90. The molecule has 20 heavy (non-hydrogen) atoms. The van der Waals surface area contributed by atoms with Crippen LogP contribution in [0.2, 0.25) is 0 Å². The highest BCUT2D eigenvalue weighted by Gasteiger charge is 2.14. The molecule has 0 unspecified atom stereocenters. The molecular formula is C15H15BrN2O2. The number of carbonyl (C=O) groups excluding carboxylic acids is 1. The lowest BCUT2D eigenvalue weighted by molar-refractivity contribution is 0.102. The van der Waals surface area contributed by atoms with Gasteiger partial charge in [-0.3, -0.25) is 4.79 Å². The van der Waals surface area contributed by atoms with Crippen molar-refractivity contribution in [3.8, 4) is 5.75 Å². The molecule has 104 valence electrons. The maximum absolute atomic E-state index is 12.3. The van der Waals surface area contributed by atoms with E-state index in [9.17, 15) is 4.79 Å². The van der Waals surface area contributed by atoms with Crippen LogP contribution in [0, 0.1) is 13.8 Å². The van der Waals surface area contributed by atoms with Crippen LogP contribution in [0.4, 0.5) is 5.82 Å². The van der Waals surface area contributed by atoms with Gasteiger partial charge in [-0.2, -0.15) is 0 Å². The van der Waals surface area contributed by atoms with E-state index in [0.717, 1.165) is 15.7 Å². The summed E-state index contributed by atoms with van der Waals surface area (Å²) in [5.74, 6) is 0.859. The first-order chi connectivity index (χ1) is 9.52. The van der Waals surface area contributed by atoms with Crippen LogP contribution < -0.4 is 10.1 Å². The van der Waals surface area contributed by atoms with Crippen LogP contribution in [-0.2, 0) is 0 Å². The summed E-state index contributed by atoms with van der Waals surface area (Å²) in [5, 5.41) is 2.78. The second kappa shape index (κ2) is 6.05. The van der Waals surface area contributed by atoms with Crippen LogP contribution in [0.25, 0.3) is 0 Å².